The lowest BCUT2D eigenvalue weighted by molar-refractivity contribution is -0.384. The Morgan fingerprint density at radius 1 is 1.41 bits per heavy atom. The van der Waals surface area contributed by atoms with Gasteiger partial charge in [-0.05, 0) is 25.3 Å². The summed E-state index contributed by atoms with van der Waals surface area (Å²) in [5, 5.41) is 20.9. The first kappa shape index (κ1) is 15.9. The van der Waals surface area contributed by atoms with Crippen molar-refractivity contribution < 1.29 is 14.8 Å². The van der Waals surface area contributed by atoms with Crippen LogP contribution in [0.3, 0.4) is 0 Å². The third-order valence-corrected chi connectivity index (χ3v) is 3.46. The van der Waals surface area contributed by atoms with Gasteiger partial charge in [-0.1, -0.05) is 13.0 Å². The average molecular weight is 302 g/mol. The highest BCUT2D eigenvalue weighted by molar-refractivity contribution is 6.24. The van der Waals surface area contributed by atoms with Gasteiger partial charge in [0.15, 0.2) is 5.78 Å². The van der Waals surface area contributed by atoms with Gasteiger partial charge in [0.25, 0.3) is 5.69 Å². The second-order valence-electron chi connectivity index (χ2n) is 5.18. The topological polar surface area (TPSA) is 92.8 Å². The highest BCUT2D eigenvalue weighted by Crippen LogP contribution is 2.27. The Bertz CT molecular complexity index is 662. The molecule has 1 aromatic rings. The highest BCUT2D eigenvalue weighted by atomic mass is 16.6. The highest BCUT2D eigenvalue weighted by Gasteiger charge is 2.25. The third-order valence-electron chi connectivity index (χ3n) is 3.46. The van der Waals surface area contributed by atoms with Gasteiger partial charge in [0.2, 0.25) is 0 Å². The Morgan fingerprint density at radius 2 is 2.18 bits per heavy atom. The number of aliphatic imine (C=N–C) groups is 1. The summed E-state index contributed by atoms with van der Waals surface area (Å²) >= 11 is 0. The molecule has 1 aliphatic carbocycles. The summed E-state index contributed by atoms with van der Waals surface area (Å²) in [7, 11) is 0. The van der Waals surface area contributed by atoms with E-state index in [0.717, 1.165) is 6.42 Å². The molecule has 1 fully saturated rings. The minimum Gasteiger partial charge on any atom is -0.511 e. The summed E-state index contributed by atoms with van der Waals surface area (Å²) in [5.74, 6) is -0.0437. The summed E-state index contributed by atoms with van der Waals surface area (Å²) < 4.78 is 0. The zero-order valence-corrected chi connectivity index (χ0v) is 12.4. The largest absolute Gasteiger partial charge is 0.511 e. The number of Topliss-reactive ketones (excluding diaryl/α,β-unsaturated/α-hetero) is 1. The van der Waals surface area contributed by atoms with Crippen LogP contribution in [0.4, 0.5) is 11.4 Å². The van der Waals surface area contributed by atoms with E-state index in [1.165, 1.54) is 12.1 Å². The third kappa shape index (κ3) is 3.58. The predicted octanol–water partition coefficient (Wildman–Crippen LogP) is 4.03. The number of aliphatic hydroxyl groups is 1. The van der Waals surface area contributed by atoms with Crippen LogP contribution in [0.2, 0.25) is 0 Å². The van der Waals surface area contributed by atoms with E-state index in [0.29, 0.717) is 42.7 Å². The molecule has 0 aliphatic heterocycles. The molecule has 0 unspecified atom stereocenters. The molecular weight excluding hydrogens is 284 g/mol. The number of non-ortho nitro benzene ring substituents is 1. The lowest BCUT2D eigenvalue weighted by Crippen LogP contribution is -2.21. The summed E-state index contributed by atoms with van der Waals surface area (Å²) in [6.45, 7) is 1.92. The molecule has 116 valence electrons. The Morgan fingerprint density at radius 3 is 2.86 bits per heavy atom. The number of hydrogen-bond acceptors (Lipinski definition) is 5. The molecule has 0 radical (unpaired) electrons. The molecule has 0 spiro atoms. The number of allylic oxidation sites excluding steroid dienone is 2. The SMILES string of the molecule is CCCC(O)=C1C(=O)CCCC1=Nc1cccc([N+](=O)[O-])c1. The first-order chi connectivity index (χ1) is 10.5. The van der Waals surface area contributed by atoms with Gasteiger partial charge < -0.3 is 5.11 Å². The number of nitro benzene ring substituents is 1. The van der Waals surface area contributed by atoms with Gasteiger partial charge in [-0.25, -0.2) is 0 Å². The molecule has 0 saturated heterocycles. The van der Waals surface area contributed by atoms with Crippen LogP contribution < -0.4 is 0 Å². The maximum atomic E-state index is 12.1. The number of hydrogen-bond donors (Lipinski definition) is 1. The van der Waals surface area contributed by atoms with Crippen LogP contribution in [0.25, 0.3) is 0 Å². The number of rotatable bonds is 4. The van der Waals surface area contributed by atoms with E-state index in [-0.39, 0.29) is 17.2 Å². The molecule has 22 heavy (non-hydrogen) atoms. The average Bonchev–Trinajstić information content (AvgIpc) is 2.47. The Balaban J connectivity index is 2.43. The first-order valence-corrected chi connectivity index (χ1v) is 7.30. The van der Waals surface area contributed by atoms with E-state index >= 15 is 0 Å². The molecule has 0 atom stereocenters. The van der Waals surface area contributed by atoms with Crippen LogP contribution >= 0.6 is 0 Å². The Labute approximate surface area is 128 Å². The maximum absolute atomic E-state index is 12.1. The van der Waals surface area contributed by atoms with Crippen LogP contribution in [0.1, 0.15) is 39.0 Å². The van der Waals surface area contributed by atoms with Crippen molar-refractivity contribution in [2.24, 2.45) is 4.99 Å². The van der Waals surface area contributed by atoms with E-state index in [1.807, 2.05) is 6.92 Å². The number of carbonyl (C=O) groups excluding carboxylic acids is 1. The second-order valence-corrected chi connectivity index (χ2v) is 5.18. The molecular formula is C16H18N2O4. The molecule has 1 aliphatic rings. The van der Waals surface area contributed by atoms with Crippen molar-refractivity contribution in [1.29, 1.82) is 0 Å². The van der Waals surface area contributed by atoms with Gasteiger partial charge in [-0.15, -0.1) is 0 Å². The molecule has 0 aromatic heterocycles. The second kappa shape index (κ2) is 6.98. The van der Waals surface area contributed by atoms with Crippen molar-refractivity contribution in [3.63, 3.8) is 0 Å². The van der Waals surface area contributed by atoms with Crippen molar-refractivity contribution in [3.05, 3.63) is 45.7 Å². The molecule has 6 nitrogen and oxygen atoms in total. The quantitative estimate of drug-likeness (QED) is 0.393. The van der Waals surface area contributed by atoms with Crippen molar-refractivity contribution in [2.75, 3.05) is 0 Å². The predicted molar refractivity (Wildman–Crippen MR) is 83.6 cm³/mol. The van der Waals surface area contributed by atoms with Crippen LogP contribution in [-0.2, 0) is 4.79 Å². The fourth-order valence-corrected chi connectivity index (χ4v) is 2.46. The standard InChI is InChI=1S/C16H18N2O4/c1-2-5-14(19)16-13(8-4-9-15(16)20)17-11-6-3-7-12(10-11)18(21)22/h3,6-7,10,19H,2,4-5,8-9H2,1H3. The van der Waals surface area contributed by atoms with E-state index in [1.54, 1.807) is 12.1 Å². The summed E-state index contributed by atoms with van der Waals surface area (Å²) in [5.41, 5.74) is 1.18. The minimum atomic E-state index is -0.485. The lowest BCUT2D eigenvalue weighted by Gasteiger charge is -2.17. The van der Waals surface area contributed by atoms with Crippen molar-refractivity contribution in [3.8, 4) is 0 Å². The van der Waals surface area contributed by atoms with Gasteiger partial charge in [0, 0.05) is 25.0 Å². The van der Waals surface area contributed by atoms with Crippen LogP contribution in [-0.4, -0.2) is 21.5 Å². The lowest BCUT2D eigenvalue weighted by atomic mass is 9.89. The van der Waals surface area contributed by atoms with Crippen molar-refractivity contribution >= 4 is 22.9 Å². The number of nitro groups is 1. The van der Waals surface area contributed by atoms with Crippen LogP contribution in [0.5, 0.6) is 0 Å². The van der Waals surface area contributed by atoms with E-state index < -0.39 is 4.92 Å². The molecule has 1 N–H and O–H groups in total. The van der Waals surface area contributed by atoms with Crippen molar-refractivity contribution in [2.45, 2.75) is 39.0 Å². The Hall–Kier alpha value is -2.50. The number of benzene rings is 1. The zero-order valence-electron chi connectivity index (χ0n) is 12.4. The van der Waals surface area contributed by atoms with E-state index in [9.17, 15) is 20.0 Å². The monoisotopic (exact) mass is 302 g/mol. The van der Waals surface area contributed by atoms with Crippen molar-refractivity contribution in [1.82, 2.24) is 0 Å². The molecule has 1 aromatic carbocycles. The summed E-state index contributed by atoms with van der Waals surface area (Å²) in [4.78, 5) is 26.8. The fourth-order valence-electron chi connectivity index (χ4n) is 2.46. The maximum Gasteiger partial charge on any atom is 0.271 e. The van der Waals surface area contributed by atoms with Gasteiger partial charge in [-0.3, -0.25) is 19.9 Å². The van der Waals surface area contributed by atoms with Gasteiger partial charge >= 0.3 is 0 Å². The number of aliphatic hydroxyl groups excluding tert-OH is 1. The Kier molecular flexibility index (Phi) is 5.04. The van der Waals surface area contributed by atoms with Crippen LogP contribution in [0.15, 0.2) is 40.6 Å². The van der Waals surface area contributed by atoms with Gasteiger partial charge in [0.05, 0.1) is 21.9 Å². The number of nitrogens with zero attached hydrogens (tertiary/aromatic N) is 2. The minimum absolute atomic E-state index is 0.0488. The molecule has 0 bridgehead atoms. The number of ketones is 1. The molecule has 6 heteroatoms. The van der Waals surface area contributed by atoms with Gasteiger partial charge in [-0.2, -0.15) is 0 Å². The molecule has 0 heterocycles. The van der Waals surface area contributed by atoms with E-state index in [4.69, 9.17) is 0 Å². The summed E-state index contributed by atoms with van der Waals surface area (Å²) in [6, 6.07) is 5.95. The first-order valence-electron chi connectivity index (χ1n) is 7.30. The van der Waals surface area contributed by atoms with Crippen LogP contribution in [0, 0.1) is 10.1 Å². The molecule has 2 rings (SSSR count). The molecule has 0 amide bonds. The summed E-state index contributed by atoms with van der Waals surface area (Å²) in [6.07, 6.45) is 2.81. The van der Waals surface area contributed by atoms with Gasteiger partial charge in [0.1, 0.15) is 5.76 Å². The number of carbonyl (C=O) groups is 1. The van der Waals surface area contributed by atoms with E-state index in [2.05, 4.69) is 4.99 Å². The molecule has 1 saturated carbocycles. The normalized spacial score (nSPS) is 19.3. The smallest absolute Gasteiger partial charge is 0.271 e. The fraction of sp³-hybridized carbons (Fsp3) is 0.375. The zero-order chi connectivity index (χ0) is 16.1.